The van der Waals surface area contributed by atoms with E-state index in [0.29, 0.717) is 5.92 Å². The highest BCUT2D eigenvalue weighted by atomic mass is 16.6. The highest BCUT2D eigenvalue weighted by Gasteiger charge is 2.36. The summed E-state index contributed by atoms with van der Waals surface area (Å²) < 4.78 is 5.32. The van der Waals surface area contributed by atoms with Crippen molar-refractivity contribution in [2.24, 2.45) is 5.92 Å². The highest BCUT2D eigenvalue weighted by molar-refractivity contribution is 5.91. The van der Waals surface area contributed by atoms with Crippen LogP contribution in [-0.2, 0) is 14.3 Å². The maximum atomic E-state index is 13.9. The molecule has 3 amide bonds. The van der Waals surface area contributed by atoms with Gasteiger partial charge in [0.05, 0.1) is 0 Å². The Morgan fingerprint density at radius 1 is 1.03 bits per heavy atom. The maximum Gasteiger partial charge on any atom is 0.408 e. The minimum Gasteiger partial charge on any atom is -0.444 e. The average Bonchev–Trinajstić information content (AvgIpc) is 2.79. The molecule has 2 unspecified atom stereocenters. The fourth-order valence-corrected chi connectivity index (χ4v) is 4.75. The first-order chi connectivity index (χ1) is 16.9. The van der Waals surface area contributed by atoms with Crippen LogP contribution in [0.3, 0.4) is 0 Å². The molecule has 1 fully saturated rings. The Morgan fingerprint density at radius 2 is 1.67 bits per heavy atom. The van der Waals surface area contributed by atoms with Crippen molar-refractivity contribution in [3.63, 3.8) is 0 Å². The van der Waals surface area contributed by atoms with Crippen LogP contribution in [0.1, 0.15) is 104 Å². The van der Waals surface area contributed by atoms with Crippen molar-refractivity contribution in [2.45, 2.75) is 117 Å². The minimum atomic E-state index is -0.775. The van der Waals surface area contributed by atoms with Crippen LogP contribution in [0.4, 0.5) is 4.79 Å². The van der Waals surface area contributed by atoms with Gasteiger partial charge in [0, 0.05) is 12.1 Å². The number of ether oxygens (including phenoxy) is 1. The Balaban J connectivity index is 2.37. The van der Waals surface area contributed by atoms with Crippen molar-refractivity contribution >= 4 is 17.9 Å². The van der Waals surface area contributed by atoms with E-state index in [-0.39, 0.29) is 30.4 Å². The standard InChI is InChI=1S/C29H47N3O4/c1-20(2)17-18-22(4)32(25(33)19-30-28(35)36-29(5,6)7)26(24-16-12-11-13-21(24)3)27(34)31-23-14-9-8-10-15-23/h11-13,16,20,22-23,26H,8-10,14-15,17-19H2,1-7H3,(H,30,35)(H,31,34). The number of amides is 3. The monoisotopic (exact) mass is 501 g/mol. The molecule has 202 valence electrons. The van der Waals surface area contributed by atoms with E-state index in [2.05, 4.69) is 24.5 Å². The number of rotatable bonds is 10. The number of nitrogens with zero attached hydrogens (tertiary/aromatic N) is 1. The highest BCUT2D eigenvalue weighted by Crippen LogP contribution is 2.29. The van der Waals surface area contributed by atoms with Crippen LogP contribution in [0.15, 0.2) is 24.3 Å². The Kier molecular flexibility index (Phi) is 11.3. The molecule has 2 N–H and O–H groups in total. The fraction of sp³-hybridized carbons (Fsp3) is 0.690. The summed E-state index contributed by atoms with van der Waals surface area (Å²) in [4.78, 5) is 41.5. The second kappa shape index (κ2) is 13.7. The molecular formula is C29H47N3O4. The van der Waals surface area contributed by atoms with Crippen LogP contribution in [0.2, 0.25) is 0 Å². The molecule has 0 bridgehead atoms. The number of aryl methyl sites for hydroxylation is 1. The first-order valence-corrected chi connectivity index (χ1v) is 13.5. The zero-order valence-corrected chi connectivity index (χ0v) is 23.4. The summed E-state index contributed by atoms with van der Waals surface area (Å²) in [7, 11) is 0. The van der Waals surface area contributed by atoms with Gasteiger partial charge in [0.15, 0.2) is 0 Å². The summed E-state index contributed by atoms with van der Waals surface area (Å²) in [5.74, 6) is 0.0136. The van der Waals surface area contributed by atoms with Gasteiger partial charge in [-0.3, -0.25) is 9.59 Å². The van der Waals surface area contributed by atoms with Crippen molar-refractivity contribution in [2.75, 3.05) is 6.54 Å². The number of alkyl carbamates (subject to hydrolysis) is 1. The van der Waals surface area contributed by atoms with Gasteiger partial charge in [-0.1, -0.05) is 57.4 Å². The third-order valence-corrected chi connectivity index (χ3v) is 6.67. The van der Waals surface area contributed by atoms with Crippen LogP contribution in [-0.4, -0.2) is 47.0 Å². The second-order valence-corrected chi connectivity index (χ2v) is 11.6. The number of hydrogen-bond acceptors (Lipinski definition) is 4. The molecule has 7 heteroatoms. The molecule has 0 aliphatic heterocycles. The Bertz CT molecular complexity index is 872. The molecule has 0 radical (unpaired) electrons. The van der Waals surface area contributed by atoms with E-state index < -0.39 is 17.7 Å². The Labute approximate surface area is 217 Å². The van der Waals surface area contributed by atoms with Gasteiger partial charge >= 0.3 is 6.09 Å². The molecule has 2 atom stereocenters. The summed E-state index contributed by atoms with van der Waals surface area (Å²) in [6, 6.07) is 6.90. The van der Waals surface area contributed by atoms with Gasteiger partial charge < -0.3 is 20.3 Å². The molecule has 0 aromatic heterocycles. The summed E-state index contributed by atoms with van der Waals surface area (Å²) in [5, 5.41) is 5.85. The summed E-state index contributed by atoms with van der Waals surface area (Å²) in [6.45, 7) is 13.4. The maximum absolute atomic E-state index is 13.9. The molecule has 1 aliphatic rings. The third kappa shape index (κ3) is 9.47. The molecule has 1 saturated carbocycles. The van der Waals surface area contributed by atoms with Gasteiger partial charge in [0.2, 0.25) is 11.8 Å². The molecule has 1 aliphatic carbocycles. The number of hydrogen-bond donors (Lipinski definition) is 2. The normalized spacial score (nSPS) is 16.2. The molecule has 1 aromatic carbocycles. The van der Waals surface area contributed by atoms with Gasteiger partial charge in [0.1, 0.15) is 18.2 Å². The molecule has 36 heavy (non-hydrogen) atoms. The first kappa shape index (κ1) is 29.7. The zero-order chi connectivity index (χ0) is 26.9. The van der Waals surface area contributed by atoms with Crippen molar-refractivity contribution in [3.05, 3.63) is 35.4 Å². The molecular weight excluding hydrogens is 454 g/mol. The fourth-order valence-electron chi connectivity index (χ4n) is 4.75. The lowest BCUT2D eigenvalue weighted by Gasteiger charge is -2.38. The SMILES string of the molecule is Cc1ccccc1C(C(=O)NC1CCCCC1)N(C(=O)CNC(=O)OC(C)(C)C)C(C)CCC(C)C. The largest absolute Gasteiger partial charge is 0.444 e. The molecule has 7 nitrogen and oxygen atoms in total. The Morgan fingerprint density at radius 3 is 2.25 bits per heavy atom. The van der Waals surface area contributed by atoms with E-state index in [1.165, 1.54) is 6.42 Å². The van der Waals surface area contributed by atoms with Crippen molar-refractivity contribution < 1.29 is 19.1 Å². The average molecular weight is 502 g/mol. The van der Waals surface area contributed by atoms with Gasteiger partial charge in [-0.25, -0.2) is 4.79 Å². The summed E-state index contributed by atoms with van der Waals surface area (Å²) in [6.07, 6.45) is 6.36. The topological polar surface area (TPSA) is 87.7 Å². The third-order valence-electron chi connectivity index (χ3n) is 6.67. The first-order valence-electron chi connectivity index (χ1n) is 13.5. The van der Waals surface area contributed by atoms with Crippen molar-refractivity contribution in [3.8, 4) is 0 Å². The van der Waals surface area contributed by atoms with Gasteiger partial charge in [-0.2, -0.15) is 0 Å². The van der Waals surface area contributed by atoms with Gasteiger partial charge in [-0.15, -0.1) is 0 Å². The molecule has 0 heterocycles. The van der Waals surface area contributed by atoms with E-state index >= 15 is 0 Å². The Hall–Kier alpha value is -2.57. The number of benzene rings is 1. The molecule has 0 spiro atoms. The van der Waals surface area contributed by atoms with Crippen molar-refractivity contribution in [1.29, 1.82) is 0 Å². The van der Waals surface area contributed by atoms with Gasteiger partial charge in [-0.05, 0) is 77.3 Å². The van der Waals surface area contributed by atoms with E-state index in [1.807, 2.05) is 38.1 Å². The lowest BCUT2D eigenvalue weighted by atomic mass is 9.93. The van der Waals surface area contributed by atoms with Crippen LogP contribution in [0.5, 0.6) is 0 Å². The molecule has 1 aromatic rings. The van der Waals surface area contributed by atoms with E-state index in [4.69, 9.17) is 4.74 Å². The van der Waals surface area contributed by atoms with E-state index in [1.54, 1.807) is 25.7 Å². The number of carbonyl (C=O) groups is 3. The van der Waals surface area contributed by atoms with Crippen LogP contribution < -0.4 is 10.6 Å². The predicted molar refractivity (Wildman–Crippen MR) is 144 cm³/mol. The summed E-state index contributed by atoms with van der Waals surface area (Å²) in [5.41, 5.74) is 1.10. The minimum absolute atomic E-state index is 0.126. The molecule has 0 saturated heterocycles. The number of carbonyl (C=O) groups excluding carboxylic acids is 3. The van der Waals surface area contributed by atoms with Crippen LogP contribution >= 0.6 is 0 Å². The number of nitrogens with one attached hydrogen (secondary N) is 2. The smallest absolute Gasteiger partial charge is 0.408 e. The van der Waals surface area contributed by atoms with Crippen LogP contribution in [0.25, 0.3) is 0 Å². The van der Waals surface area contributed by atoms with E-state index in [9.17, 15) is 14.4 Å². The molecule has 2 rings (SSSR count). The quantitative estimate of drug-likeness (QED) is 0.433. The predicted octanol–water partition coefficient (Wildman–Crippen LogP) is 5.66. The lowest BCUT2D eigenvalue weighted by molar-refractivity contribution is -0.143. The van der Waals surface area contributed by atoms with Crippen LogP contribution in [0, 0.1) is 12.8 Å². The zero-order valence-electron chi connectivity index (χ0n) is 23.4. The van der Waals surface area contributed by atoms with Crippen molar-refractivity contribution in [1.82, 2.24) is 15.5 Å². The van der Waals surface area contributed by atoms with Gasteiger partial charge in [0.25, 0.3) is 0 Å². The lowest BCUT2D eigenvalue weighted by Crippen LogP contribution is -2.52. The second-order valence-electron chi connectivity index (χ2n) is 11.6. The summed E-state index contributed by atoms with van der Waals surface area (Å²) >= 11 is 0. The van der Waals surface area contributed by atoms with E-state index in [0.717, 1.165) is 49.7 Å².